The number of nitrogens with one attached hydrogen (secondary N) is 2. The van der Waals surface area contributed by atoms with E-state index in [0.717, 1.165) is 43.4 Å². The molecule has 0 unspecified atom stereocenters. The number of nitrogens with zero attached hydrogens (tertiary/aromatic N) is 3. The van der Waals surface area contributed by atoms with Crippen molar-refractivity contribution in [3.8, 4) is 11.5 Å². The Morgan fingerprint density at radius 2 is 2.04 bits per heavy atom. The van der Waals surface area contributed by atoms with Gasteiger partial charge in [0.2, 0.25) is 5.89 Å². The fraction of sp³-hybridized carbons (Fsp3) is 0.526. The molecule has 2 rings (SSSR count). The van der Waals surface area contributed by atoms with Gasteiger partial charge in [0.15, 0.2) is 23.3 Å². The highest BCUT2D eigenvalue weighted by atomic mass is 127. The van der Waals surface area contributed by atoms with E-state index in [4.69, 9.17) is 14.0 Å². The molecule has 0 radical (unpaired) electrons. The quantitative estimate of drug-likeness (QED) is 0.223. The van der Waals surface area contributed by atoms with Gasteiger partial charge in [-0.3, -0.25) is 0 Å². The van der Waals surface area contributed by atoms with Gasteiger partial charge in [0.05, 0.1) is 13.7 Å². The molecule has 9 heteroatoms. The van der Waals surface area contributed by atoms with E-state index in [1.807, 2.05) is 26.0 Å². The third-order valence-corrected chi connectivity index (χ3v) is 3.75. The van der Waals surface area contributed by atoms with Gasteiger partial charge in [-0.15, -0.1) is 24.0 Å². The van der Waals surface area contributed by atoms with E-state index in [1.165, 1.54) is 5.56 Å². The predicted octanol–water partition coefficient (Wildman–Crippen LogP) is 3.09. The first-order chi connectivity index (χ1) is 13.2. The summed E-state index contributed by atoms with van der Waals surface area (Å²) >= 11 is 0. The molecule has 0 aliphatic rings. The third kappa shape index (κ3) is 7.91. The van der Waals surface area contributed by atoms with Crippen molar-refractivity contribution in [1.29, 1.82) is 0 Å². The van der Waals surface area contributed by atoms with Gasteiger partial charge in [0, 0.05) is 20.0 Å². The second-order valence-electron chi connectivity index (χ2n) is 5.87. The van der Waals surface area contributed by atoms with Gasteiger partial charge in [-0.25, -0.2) is 4.99 Å². The lowest BCUT2D eigenvalue weighted by atomic mass is 10.1. The summed E-state index contributed by atoms with van der Waals surface area (Å²) in [7, 11) is 1.65. The molecule has 0 fully saturated rings. The summed E-state index contributed by atoms with van der Waals surface area (Å²) in [5, 5.41) is 10.4. The van der Waals surface area contributed by atoms with Crippen LogP contribution in [-0.4, -0.2) is 42.9 Å². The summed E-state index contributed by atoms with van der Waals surface area (Å²) in [6.07, 6.45) is 1.89. The van der Waals surface area contributed by atoms with Crippen LogP contribution >= 0.6 is 24.0 Å². The molecule has 0 aliphatic heterocycles. The number of aryl methyl sites for hydroxylation is 2. The lowest BCUT2D eigenvalue weighted by Gasteiger charge is -2.12. The average molecular weight is 503 g/mol. The second kappa shape index (κ2) is 13.2. The summed E-state index contributed by atoms with van der Waals surface area (Å²) in [6, 6.07) is 6.06. The van der Waals surface area contributed by atoms with Crippen LogP contribution in [0.3, 0.4) is 0 Å². The monoisotopic (exact) mass is 503 g/mol. The van der Waals surface area contributed by atoms with E-state index < -0.39 is 0 Å². The van der Waals surface area contributed by atoms with Crippen molar-refractivity contribution in [2.45, 2.75) is 40.2 Å². The highest BCUT2D eigenvalue weighted by Gasteiger charge is 2.06. The van der Waals surface area contributed by atoms with E-state index >= 15 is 0 Å². The van der Waals surface area contributed by atoms with Crippen LogP contribution in [0.15, 0.2) is 27.7 Å². The van der Waals surface area contributed by atoms with E-state index in [-0.39, 0.29) is 24.0 Å². The highest BCUT2D eigenvalue weighted by Crippen LogP contribution is 2.28. The van der Waals surface area contributed by atoms with Crippen LogP contribution in [0.4, 0.5) is 0 Å². The number of guanidine groups is 1. The first kappa shape index (κ1) is 24.0. The summed E-state index contributed by atoms with van der Waals surface area (Å²) in [5.41, 5.74) is 1.21. The van der Waals surface area contributed by atoms with Crippen molar-refractivity contribution in [1.82, 2.24) is 20.8 Å². The maximum atomic E-state index is 5.63. The van der Waals surface area contributed by atoms with Gasteiger partial charge in [0.25, 0.3) is 0 Å². The van der Waals surface area contributed by atoms with Crippen LogP contribution in [0, 0.1) is 6.92 Å². The van der Waals surface area contributed by atoms with Crippen molar-refractivity contribution in [3.63, 3.8) is 0 Å². The second-order valence-corrected chi connectivity index (χ2v) is 5.87. The largest absolute Gasteiger partial charge is 0.493 e. The number of methoxy groups -OCH3 is 1. The zero-order valence-electron chi connectivity index (χ0n) is 16.9. The molecule has 0 saturated carbocycles. The number of hydrogen-bond donors (Lipinski definition) is 2. The molecule has 0 spiro atoms. The summed E-state index contributed by atoms with van der Waals surface area (Å²) in [5.74, 6) is 3.41. The standard InChI is InChI=1S/C19H29N5O3.HI/c1-5-20-19(22-13-18-23-14(3)27-24-18)21-11-7-8-15-9-10-16(25-4)17(12-15)26-6-2;/h9-10,12H,5-8,11,13H2,1-4H3,(H2,20,21,22);1H. The van der Waals surface area contributed by atoms with Crippen LogP contribution in [0.5, 0.6) is 11.5 Å². The Hall–Kier alpha value is -2.04. The van der Waals surface area contributed by atoms with Crippen molar-refractivity contribution in [2.24, 2.45) is 4.99 Å². The van der Waals surface area contributed by atoms with Crippen LogP contribution < -0.4 is 20.1 Å². The van der Waals surface area contributed by atoms with Crippen LogP contribution in [0.25, 0.3) is 0 Å². The number of aromatic nitrogens is 2. The summed E-state index contributed by atoms with van der Waals surface area (Å²) < 4.78 is 15.9. The van der Waals surface area contributed by atoms with E-state index in [1.54, 1.807) is 14.0 Å². The molecule has 28 heavy (non-hydrogen) atoms. The maximum absolute atomic E-state index is 5.63. The summed E-state index contributed by atoms with van der Waals surface area (Å²) in [4.78, 5) is 8.63. The average Bonchev–Trinajstić information content (AvgIpc) is 3.09. The number of hydrogen-bond acceptors (Lipinski definition) is 6. The van der Waals surface area contributed by atoms with Crippen molar-refractivity contribution < 1.29 is 14.0 Å². The molecular weight excluding hydrogens is 473 g/mol. The van der Waals surface area contributed by atoms with Gasteiger partial charge in [0.1, 0.15) is 6.54 Å². The fourth-order valence-electron chi connectivity index (χ4n) is 2.54. The van der Waals surface area contributed by atoms with Crippen LogP contribution in [0.1, 0.15) is 37.5 Å². The number of aliphatic imine (C=N–C) groups is 1. The molecule has 2 N–H and O–H groups in total. The minimum Gasteiger partial charge on any atom is -0.493 e. The predicted molar refractivity (Wildman–Crippen MR) is 120 cm³/mol. The van der Waals surface area contributed by atoms with Gasteiger partial charge in [-0.1, -0.05) is 11.2 Å². The zero-order valence-corrected chi connectivity index (χ0v) is 19.3. The first-order valence-corrected chi connectivity index (χ1v) is 9.27. The Labute approximate surface area is 183 Å². The Kier molecular flexibility index (Phi) is 11.3. The lowest BCUT2D eigenvalue weighted by Crippen LogP contribution is -2.37. The molecule has 0 atom stereocenters. The molecule has 0 aliphatic carbocycles. The summed E-state index contributed by atoms with van der Waals surface area (Å²) in [6.45, 7) is 8.34. The molecule has 8 nitrogen and oxygen atoms in total. The third-order valence-electron chi connectivity index (χ3n) is 3.75. The Balaban J connectivity index is 0.00000392. The normalized spacial score (nSPS) is 10.9. The number of ether oxygens (including phenoxy) is 2. The smallest absolute Gasteiger partial charge is 0.223 e. The fourth-order valence-corrected chi connectivity index (χ4v) is 2.54. The Bertz CT molecular complexity index is 736. The number of rotatable bonds is 10. The lowest BCUT2D eigenvalue weighted by molar-refractivity contribution is 0.310. The van der Waals surface area contributed by atoms with E-state index in [2.05, 4.69) is 31.8 Å². The topological polar surface area (TPSA) is 93.8 Å². The molecular formula is C19H30IN5O3. The van der Waals surface area contributed by atoms with Crippen molar-refractivity contribution in [2.75, 3.05) is 26.8 Å². The minimum absolute atomic E-state index is 0. The Morgan fingerprint density at radius 1 is 1.21 bits per heavy atom. The van der Waals surface area contributed by atoms with Crippen LogP contribution in [0.2, 0.25) is 0 Å². The SMILES string of the molecule is CCNC(=NCc1noc(C)n1)NCCCc1ccc(OC)c(OCC)c1.I. The van der Waals surface area contributed by atoms with Gasteiger partial charge >= 0.3 is 0 Å². The number of benzene rings is 1. The molecule has 1 aromatic heterocycles. The number of halogens is 1. The zero-order chi connectivity index (χ0) is 19.5. The molecule has 0 amide bonds. The van der Waals surface area contributed by atoms with Crippen molar-refractivity contribution in [3.05, 3.63) is 35.5 Å². The molecule has 156 valence electrons. The van der Waals surface area contributed by atoms with Gasteiger partial charge < -0.3 is 24.6 Å². The molecule has 2 aromatic rings. The van der Waals surface area contributed by atoms with Gasteiger partial charge in [-0.05, 0) is 44.4 Å². The maximum Gasteiger partial charge on any atom is 0.223 e. The van der Waals surface area contributed by atoms with Gasteiger partial charge in [-0.2, -0.15) is 4.98 Å². The Morgan fingerprint density at radius 3 is 2.68 bits per heavy atom. The molecule has 1 heterocycles. The molecule has 0 saturated heterocycles. The highest BCUT2D eigenvalue weighted by molar-refractivity contribution is 14.0. The minimum atomic E-state index is 0. The van der Waals surface area contributed by atoms with E-state index in [9.17, 15) is 0 Å². The van der Waals surface area contributed by atoms with Crippen LogP contribution in [-0.2, 0) is 13.0 Å². The van der Waals surface area contributed by atoms with E-state index in [0.29, 0.717) is 24.9 Å². The first-order valence-electron chi connectivity index (χ1n) is 9.27. The van der Waals surface area contributed by atoms with Crippen molar-refractivity contribution >= 4 is 29.9 Å². The molecule has 0 bridgehead atoms. The molecule has 1 aromatic carbocycles.